The first-order valence-electron chi connectivity index (χ1n) is 9.65. The summed E-state index contributed by atoms with van der Waals surface area (Å²) in [7, 11) is 0. The summed E-state index contributed by atoms with van der Waals surface area (Å²) in [6.45, 7) is 2.12. The number of amides is 1. The van der Waals surface area contributed by atoms with E-state index >= 15 is 0 Å². The second-order valence-corrected chi connectivity index (χ2v) is 9.68. The Kier molecular flexibility index (Phi) is 6.24. The Morgan fingerprint density at radius 2 is 1.81 bits per heavy atom. The first-order valence-corrected chi connectivity index (χ1v) is 11.7. The number of pyridine rings is 1. The van der Waals surface area contributed by atoms with Gasteiger partial charge in [-0.15, -0.1) is 23.5 Å². The number of hydrogen-bond donors (Lipinski definition) is 1. The lowest BCUT2D eigenvalue weighted by molar-refractivity contribution is 0.102. The van der Waals surface area contributed by atoms with Crippen LogP contribution in [0.1, 0.15) is 46.2 Å². The van der Waals surface area contributed by atoms with E-state index in [1.165, 1.54) is 42.8 Å². The van der Waals surface area contributed by atoms with Gasteiger partial charge in [-0.05, 0) is 42.7 Å². The number of carbonyl (C=O) groups is 1. The molecule has 4 rings (SSSR count). The maximum atomic E-state index is 12.6. The smallest absolute Gasteiger partial charge is 0.257 e. The molecule has 1 amide bonds. The molecule has 1 aromatic heterocycles. The highest BCUT2D eigenvalue weighted by molar-refractivity contribution is 8.19. The van der Waals surface area contributed by atoms with E-state index in [2.05, 4.69) is 27.3 Å². The molecule has 0 radical (unpaired) electrons. The van der Waals surface area contributed by atoms with Crippen LogP contribution in [-0.2, 0) is 0 Å². The Morgan fingerprint density at radius 3 is 2.52 bits per heavy atom. The minimum atomic E-state index is -0.103. The number of benzene rings is 1. The molecular weight excluding hydrogens is 374 g/mol. The zero-order valence-corrected chi connectivity index (χ0v) is 17.0. The van der Waals surface area contributed by atoms with Gasteiger partial charge in [-0.2, -0.15) is 0 Å². The minimum absolute atomic E-state index is 0.103. The largest absolute Gasteiger partial charge is 0.357 e. The molecule has 0 aliphatic carbocycles. The minimum Gasteiger partial charge on any atom is -0.357 e. The van der Waals surface area contributed by atoms with Crippen molar-refractivity contribution < 1.29 is 4.79 Å². The van der Waals surface area contributed by atoms with Crippen LogP contribution in [0, 0.1) is 0 Å². The van der Waals surface area contributed by atoms with E-state index in [0.29, 0.717) is 10.1 Å². The van der Waals surface area contributed by atoms with Crippen molar-refractivity contribution in [2.75, 3.05) is 34.8 Å². The summed E-state index contributed by atoms with van der Waals surface area (Å²) in [5.74, 6) is 3.27. The second-order valence-electron chi connectivity index (χ2n) is 6.96. The average molecular weight is 400 g/mol. The van der Waals surface area contributed by atoms with Crippen LogP contribution in [-0.4, -0.2) is 35.5 Å². The molecule has 2 saturated heterocycles. The number of carbonyl (C=O) groups excluding carboxylic acids is 1. The summed E-state index contributed by atoms with van der Waals surface area (Å²) >= 11 is 3.94. The number of rotatable bonds is 4. The predicted molar refractivity (Wildman–Crippen MR) is 117 cm³/mol. The highest BCUT2D eigenvalue weighted by Crippen LogP contribution is 2.45. The van der Waals surface area contributed by atoms with E-state index in [9.17, 15) is 4.79 Å². The standard InChI is InChI=1S/C21H25N3OS2/c25-20(23-18-7-5-6-16(14-18)21-26-12-13-27-21)17-8-9-19(22-15-17)24-10-3-1-2-4-11-24/h5-9,14-15,21H,1-4,10-13H2,(H,23,25). The second kappa shape index (κ2) is 9.02. The van der Waals surface area contributed by atoms with Crippen molar-refractivity contribution in [2.24, 2.45) is 0 Å². The highest BCUT2D eigenvalue weighted by atomic mass is 32.2. The fourth-order valence-electron chi connectivity index (χ4n) is 3.52. The first kappa shape index (κ1) is 18.7. The van der Waals surface area contributed by atoms with Gasteiger partial charge in [-0.3, -0.25) is 4.79 Å². The predicted octanol–water partition coefficient (Wildman–Crippen LogP) is 5.19. The van der Waals surface area contributed by atoms with Gasteiger partial charge in [-0.25, -0.2) is 4.98 Å². The Hall–Kier alpha value is -1.66. The number of thioether (sulfide) groups is 2. The SMILES string of the molecule is O=C(Nc1cccc(C2SCCS2)c1)c1ccc(N2CCCCCC2)nc1. The molecule has 27 heavy (non-hydrogen) atoms. The number of nitrogens with zero attached hydrogens (tertiary/aromatic N) is 2. The van der Waals surface area contributed by atoms with E-state index in [0.717, 1.165) is 24.6 Å². The summed E-state index contributed by atoms with van der Waals surface area (Å²) in [5.41, 5.74) is 2.72. The van der Waals surface area contributed by atoms with Crippen LogP contribution in [0.25, 0.3) is 0 Å². The highest BCUT2D eigenvalue weighted by Gasteiger charge is 2.19. The normalized spacial score (nSPS) is 18.3. The lowest BCUT2D eigenvalue weighted by Gasteiger charge is -2.21. The summed E-state index contributed by atoms with van der Waals surface area (Å²) < 4.78 is 0.483. The first-order chi connectivity index (χ1) is 13.3. The van der Waals surface area contributed by atoms with Crippen molar-refractivity contribution in [3.63, 3.8) is 0 Å². The van der Waals surface area contributed by atoms with Gasteiger partial charge in [0.05, 0.1) is 10.1 Å². The molecule has 0 spiro atoms. The fraction of sp³-hybridized carbons (Fsp3) is 0.429. The molecule has 1 N–H and O–H groups in total. The lowest BCUT2D eigenvalue weighted by atomic mass is 10.2. The average Bonchev–Trinajstić information content (AvgIpc) is 3.11. The quantitative estimate of drug-likeness (QED) is 0.766. The van der Waals surface area contributed by atoms with Gasteiger partial charge in [-0.1, -0.05) is 25.0 Å². The monoisotopic (exact) mass is 399 g/mol. The molecule has 2 aliphatic rings. The zero-order chi connectivity index (χ0) is 18.5. The molecular formula is C21H25N3OS2. The van der Waals surface area contributed by atoms with Crippen LogP contribution in [0.2, 0.25) is 0 Å². The van der Waals surface area contributed by atoms with Gasteiger partial charge in [0, 0.05) is 36.5 Å². The topological polar surface area (TPSA) is 45.2 Å². The number of hydrogen-bond acceptors (Lipinski definition) is 5. The van der Waals surface area contributed by atoms with Gasteiger partial charge in [0.2, 0.25) is 0 Å². The van der Waals surface area contributed by atoms with Gasteiger partial charge in [0.25, 0.3) is 5.91 Å². The molecule has 1 aromatic carbocycles. The summed E-state index contributed by atoms with van der Waals surface area (Å²) in [6, 6.07) is 12.1. The van der Waals surface area contributed by atoms with Crippen molar-refractivity contribution in [3.05, 3.63) is 53.7 Å². The number of aromatic nitrogens is 1. The molecule has 3 heterocycles. The van der Waals surface area contributed by atoms with E-state index in [1.54, 1.807) is 6.20 Å². The molecule has 2 aromatic rings. The van der Waals surface area contributed by atoms with Crippen molar-refractivity contribution in [1.82, 2.24) is 4.98 Å². The molecule has 6 heteroatoms. The van der Waals surface area contributed by atoms with Crippen LogP contribution >= 0.6 is 23.5 Å². The number of nitrogens with one attached hydrogen (secondary N) is 1. The maximum absolute atomic E-state index is 12.6. The summed E-state index contributed by atoms with van der Waals surface area (Å²) in [5, 5.41) is 3.02. The van der Waals surface area contributed by atoms with Crippen molar-refractivity contribution in [3.8, 4) is 0 Å². The third-order valence-corrected chi connectivity index (χ3v) is 8.08. The van der Waals surface area contributed by atoms with E-state index in [4.69, 9.17) is 0 Å². The van der Waals surface area contributed by atoms with Crippen LogP contribution in [0.4, 0.5) is 11.5 Å². The van der Waals surface area contributed by atoms with Crippen LogP contribution in [0.5, 0.6) is 0 Å². The van der Waals surface area contributed by atoms with Gasteiger partial charge in [0.15, 0.2) is 0 Å². The Balaban J connectivity index is 1.41. The third kappa shape index (κ3) is 4.79. The fourth-order valence-corrected chi connectivity index (χ4v) is 6.36. The zero-order valence-electron chi connectivity index (χ0n) is 15.4. The summed E-state index contributed by atoms with van der Waals surface area (Å²) in [4.78, 5) is 19.5. The molecule has 142 valence electrons. The Bertz CT molecular complexity index is 767. The van der Waals surface area contributed by atoms with E-state index < -0.39 is 0 Å². The Morgan fingerprint density at radius 1 is 1.04 bits per heavy atom. The number of anilines is 2. The molecule has 0 saturated carbocycles. The van der Waals surface area contributed by atoms with Gasteiger partial charge >= 0.3 is 0 Å². The van der Waals surface area contributed by atoms with Gasteiger partial charge in [0.1, 0.15) is 5.82 Å². The van der Waals surface area contributed by atoms with E-state index in [1.807, 2.05) is 47.8 Å². The molecule has 0 unspecified atom stereocenters. The summed E-state index contributed by atoms with van der Waals surface area (Å²) in [6.07, 6.45) is 6.74. The van der Waals surface area contributed by atoms with Crippen LogP contribution in [0.15, 0.2) is 42.6 Å². The third-order valence-electron chi connectivity index (χ3n) is 4.98. The Labute approximate surface area is 169 Å². The van der Waals surface area contributed by atoms with Gasteiger partial charge < -0.3 is 10.2 Å². The molecule has 0 atom stereocenters. The molecule has 4 nitrogen and oxygen atoms in total. The lowest BCUT2D eigenvalue weighted by Crippen LogP contribution is -2.25. The van der Waals surface area contributed by atoms with Crippen LogP contribution < -0.4 is 10.2 Å². The van der Waals surface area contributed by atoms with E-state index in [-0.39, 0.29) is 5.91 Å². The van der Waals surface area contributed by atoms with Crippen LogP contribution in [0.3, 0.4) is 0 Å². The molecule has 2 aliphatic heterocycles. The molecule has 2 fully saturated rings. The van der Waals surface area contributed by atoms with Crippen molar-refractivity contribution in [1.29, 1.82) is 0 Å². The van der Waals surface area contributed by atoms with Crippen molar-refractivity contribution >= 4 is 40.9 Å². The van der Waals surface area contributed by atoms with Crippen molar-refractivity contribution in [2.45, 2.75) is 30.3 Å². The molecule has 0 bridgehead atoms. The maximum Gasteiger partial charge on any atom is 0.257 e.